The number of piperidine rings is 1. The Balaban J connectivity index is 1.35. The van der Waals surface area contributed by atoms with E-state index < -0.39 is 29.8 Å². The summed E-state index contributed by atoms with van der Waals surface area (Å²) < 4.78 is 58.4. The topological polar surface area (TPSA) is 110 Å². The van der Waals surface area contributed by atoms with Gasteiger partial charge in [-0.15, -0.1) is 5.10 Å². The van der Waals surface area contributed by atoms with Gasteiger partial charge in [-0.2, -0.15) is 4.98 Å². The molecular formula is C24H25F3N8O3. The van der Waals surface area contributed by atoms with E-state index in [-0.39, 0.29) is 52.4 Å². The van der Waals surface area contributed by atoms with Crippen molar-refractivity contribution >= 4 is 23.0 Å². The average Bonchev–Trinajstić information content (AvgIpc) is 3.44. The van der Waals surface area contributed by atoms with E-state index in [1.165, 1.54) is 35.5 Å². The molecule has 4 aromatic heterocycles. The zero-order valence-corrected chi connectivity index (χ0v) is 20.6. The fourth-order valence-electron chi connectivity index (χ4n) is 5.00. The van der Waals surface area contributed by atoms with Crippen molar-refractivity contribution in [1.29, 1.82) is 0 Å². The van der Waals surface area contributed by atoms with Crippen molar-refractivity contribution in [2.75, 3.05) is 45.8 Å². The first-order valence-corrected chi connectivity index (χ1v) is 12.1. The number of imidazole rings is 1. The number of fused-ring (bicyclic) bond motifs is 2. The van der Waals surface area contributed by atoms with Gasteiger partial charge in [0.1, 0.15) is 17.4 Å². The number of methoxy groups -OCH3 is 1. The lowest BCUT2D eigenvalue weighted by atomic mass is 10.0. The molecule has 0 radical (unpaired) electrons. The summed E-state index contributed by atoms with van der Waals surface area (Å²) in [4.78, 5) is 22.6. The van der Waals surface area contributed by atoms with Crippen LogP contribution in [0.3, 0.4) is 0 Å². The second-order valence-electron chi connectivity index (χ2n) is 9.32. The lowest BCUT2D eigenvalue weighted by Gasteiger charge is -2.42. The van der Waals surface area contributed by atoms with Crippen molar-refractivity contribution in [3.8, 4) is 17.0 Å². The molecule has 6 rings (SSSR count). The zero-order chi connectivity index (χ0) is 26.6. The van der Waals surface area contributed by atoms with Gasteiger partial charge in [0.05, 0.1) is 50.4 Å². The minimum Gasteiger partial charge on any atom is -0.479 e. The molecule has 2 fully saturated rings. The highest BCUT2D eigenvalue weighted by Crippen LogP contribution is 2.35. The number of aromatic nitrogens is 5. The molecule has 0 aromatic carbocycles. The first-order chi connectivity index (χ1) is 18.4. The summed E-state index contributed by atoms with van der Waals surface area (Å²) in [5.41, 5.74) is 0.246. The molecule has 38 heavy (non-hydrogen) atoms. The van der Waals surface area contributed by atoms with Crippen LogP contribution in [0.1, 0.15) is 16.9 Å². The Morgan fingerprint density at radius 3 is 2.74 bits per heavy atom. The van der Waals surface area contributed by atoms with Gasteiger partial charge in [-0.1, -0.05) is 0 Å². The second kappa shape index (κ2) is 9.44. The summed E-state index contributed by atoms with van der Waals surface area (Å²) in [6, 6.07) is 0.839. The molecule has 0 aliphatic carbocycles. The number of pyridine rings is 1. The highest BCUT2D eigenvalue weighted by molar-refractivity contribution is 5.93. The van der Waals surface area contributed by atoms with E-state index in [0.29, 0.717) is 26.2 Å². The lowest BCUT2D eigenvalue weighted by Crippen LogP contribution is -2.57. The number of amides is 1. The van der Waals surface area contributed by atoms with E-state index in [9.17, 15) is 13.6 Å². The van der Waals surface area contributed by atoms with E-state index >= 15 is 4.39 Å². The summed E-state index contributed by atoms with van der Waals surface area (Å²) in [5, 5.41) is 9.82. The highest BCUT2D eigenvalue weighted by atomic mass is 19.1. The number of likely N-dealkylation sites (tertiary alicyclic amines) is 1. The fourth-order valence-corrected chi connectivity index (χ4v) is 5.00. The van der Waals surface area contributed by atoms with Crippen LogP contribution in [0.25, 0.3) is 22.3 Å². The third-order valence-corrected chi connectivity index (χ3v) is 7.08. The summed E-state index contributed by atoms with van der Waals surface area (Å²) in [7, 11) is 2.80. The number of rotatable bonds is 6. The molecule has 2 aliphatic heterocycles. The number of anilines is 1. The Morgan fingerprint density at radius 2 is 2.05 bits per heavy atom. The van der Waals surface area contributed by atoms with E-state index in [2.05, 4.69) is 30.6 Å². The summed E-state index contributed by atoms with van der Waals surface area (Å²) in [5.74, 6) is -1.86. The molecule has 0 saturated carbocycles. The van der Waals surface area contributed by atoms with Gasteiger partial charge >= 0.3 is 0 Å². The molecule has 2 aliphatic rings. The maximum atomic E-state index is 15.3. The second-order valence-corrected chi connectivity index (χ2v) is 9.32. The van der Waals surface area contributed by atoms with Crippen LogP contribution in [0.2, 0.25) is 0 Å². The van der Waals surface area contributed by atoms with Crippen LogP contribution >= 0.6 is 0 Å². The number of alkyl halides is 1. The lowest BCUT2D eigenvalue weighted by molar-refractivity contribution is -0.0794. The Labute approximate surface area is 214 Å². The molecule has 2 saturated heterocycles. The monoisotopic (exact) mass is 530 g/mol. The minimum absolute atomic E-state index is 0.0125. The van der Waals surface area contributed by atoms with Crippen molar-refractivity contribution < 1.29 is 27.4 Å². The van der Waals surface area contributed by atoms with Crippen LogP contribution in [-0.4, -0.2) is 93.5 Å². The van der Waals surface area contributed by atoms with E-state index in [1.54, 1.807) is 0 Å². The van der Waals surface area contributed by atoms with E-state index in [4.69, 9.17) is 9.47 Å². The maximum Gasteiger partial charge on any atom is 0.269 e. The van der Waals surface area contributed by atoms with Gasteiger partial charge in [-0.3, -0.25) is 14.1 Å². The zero-order valence-electron chi connectivity index (χ0n) is 20.6. The van der Waals surface area contributed by atoms with Crippen LogP contribution in [0.15, 0.2) is 24.7 Å². The molecule has 0 unspecified atom stereocenters. The maximum absolute atomic E-state index is 15.3. The molecule has 2 atom stereocenters. The normalized spacial score (nSPS) is 20.6. The molecule has 2 N–H and O–H groups in total. The van der Waals surface area contributed by atoms with Crippen molar-refractivity contribution in [3.05, 3.63) is 42.0 Å². The van der Waals surface area contributed by atoms with Crippen molar-refractivity contribution in [1.82, 2.24) is 34.2 Å². The SMILES string of the molecule is CNC(=O)c1cnc2c(F)cc(-c3c(F)cn4nc(N[C@H]5CCN(C6COC6)C[C@@H]5F)nc(OC)c34)cn12. The quantitative estimate of drug-likeness (QED) is 0.389. The van der Waals surface area contributed by atoms with Crippen LogP contribution in [-0.2, 0) is 4.74 Å². The Kier molecular flexibility index (Phi) is 6.07. The number of nitrogens with one attached hydrogen (secondary N) is 2. The van der Waals surface area contributed by atoms with E-state index in [1.807, 2.05) is 0 Å². The summed E-state index contributed by atoms with van der Waals surface area (Å²) in [6.07, 6.45) is 3.13. The van der Waals surface area contributed by atoms with Crippen molar-refractivity contribution in [2.24, 2.45) is 0 Å². The molecule has 4 aromatic rings. The number of carbonyl (C=O) groups excluding carboxylic acids is 1. The van der Waals surface area contributed by atoms with Crippen LogP contribution in [0.5, 0.6) is 5.88 Å². The van der Waals surface area contributed by atoms with Crippen LogP contribution < -0.4 is 15.4 Å². The molecule has 11 nitrogen and oxygen atoms in total. The first kappa shape index (κ1) is 24.4. The van der Waals surface area contributed by atoms with Gasteiger partial charge in [0, 0.05) is 31.9 Å². The summed E-state index contributed by atoms with van der Waals surface area (Å²) >= 11 is 0. The summed E-state index contributed by atoms with van der Waals surface area (Å²) in [6.45, 7) is 2.21. The Bertz CT molecular complexity index is 1540. The standard InChI is InChI=1S/C24H25F3N8O3/c1-28-22(36)18-6-29-21-14(25)5-12(7-34(18)21)19-16(27)9-35-20(19)23(37-2)31-24(32-35)30-17-3-4-33(8-15(17)26)13-10-38-11-13/h5-7,9,13,15,17H,3-4,8,10-11H2,1-2H3,(H,28,36)(H,30,32)/t15-,17-/m0/s1. The highest BCUT2D eigenvalue weighted by Gasteiger charge is 2.36. The largest absolute Gasteiger partial charge is 0.479 e. The smallest absolute Gasteiger partial charge is 0.269 e. The molecule has 6 heterocycles. The van der Waals surface area contributed by atoms with Crippen molar-refractivity contribution in [2.45, 2.75) is 24.7 Å². The van der Waals surface area contributed by atoms with Gasteiger partial charge in [0.25, 0.3) is 5.91 Å². The Hall–Kier alpha value is -3.91. The number of hydrogen-bond acceptors (Lipinski definition) is 8. The number of halogens is 3. The molecule has 14 heteroatoms. The molecule has 0 bridgehead atoms. The third kappa shape index (κ3) is 4.00. The average molecular weight is 531 g/mol. The first-order valence-electron chi connectivity index (χ1n) is 12.1. The minimum atomic E-state index is -1.16. The third-order valence-electron chi connectivity index (χ3n) is 7.08. The Morgan fingerprint density at radius 1 is 1.24 bits per heavy atom. The molecular weight excluding hydrogens is 505 g/mol. The predicted molar refractivity (Wildman–Crippen MR) is 130 cm³/mol. The van der Waals surface area contributed by atoms with Gasteiger partial charge in [-0.25, -0.2) is 22.7 Å². The van der Waals surface area contributed by atoms with Gasteiger partial charge < -0.3 is 20.1 Å². The predicted octanol–water partition coefficient (Wildman–Crippen LogP) is 1.91. The van der Waals surface area contributed by atoms with Gasteiger partial charge in [0.15, 0.2) is 17.3 Å². The molecule has 1 amide bonds. The van der Waals surface area contributed by atoms with E-state index in [0.717, 1.165) is 12.3 Å². The van der Waals surface area contributed by atoms with Gasteiger partial charge in [-0.05, 0) is 12.5 Å². The van der Waals surface area contributed by atoms with Crippen molar-refractivity contribution in [3.63, 3.8) is 0 Å². The number of hydrogen-bond donors (Lipinski definition) is 2. The number of carbonyl (C=O) groups is 1. The number of ether oxygens (including phenoxy) is 2. The van der Waals surface area contributed by atoms with Crippen LogP contribution in [0, 0.1) is 11.6 Å². The molecule has 0 spiro atoms. The molecule has 200 valence electrons. The number of nitrogens with zero attached hydrogens (tertiary/aromatic N) is 6. The fraction of sp³-hybridized carbons (Fsp3) is 0.417. The van der Waals surface area contributed by atoms with Gasteiger partial charge in [0.2, 0.25) is 11.8 Å². The van der Waals surface area contributed by atoms with Crippen LogP contribution in [0.4, 0.5) is 19.1 Å².